The van der Waals surface area contributed by atoms with Crippen molar-refractivity contribution in [2.24, 2.45) is 0 Å². The lowest BCUT2D eigenvalue weighted by Crippen LogP contribution is -2.20. The second kappa shape index (κ2) is 8.71. The second-order valence-corrected chi connectivity index (χ2v) is 5.86. The molecule has 2 N–H and O–H groups in total. The molecule has 1 heterocycles. The Balaban J connectivity index is 1.55. The largest absolute Gasteiger partial charge is 0.493 e. The van der Waals surface area contributed by atoms with Crippen LogP contribution < -0.4 is 20.1 Å². The minimum Gasteiger partial charge on any atom is -0.493 e. The Hall–Kier alpha value is -3.54. The number of nitrogens with one attached hydrogen (secondary N) is 2. The van der Waals surface area contributed by atoms with Crippen LogP contribution in [0.1, 0.15) is 5.56 Å². The van der Waals surface area contributed by atoms with E-state index >= 15 is 0 Å². The Kier molecular flexibility index (Phi) is 5.89. The van der Waals surface area contributed by atoms with Crippen molar-refractivity contribution >= 4 is 23.1 Å². The second-order valence-electron chi connectivity index (χ2n) is 5.86. The summed E-state index contributed by atoms with van der Waals surface area (Å²) in [5.74, 6) is 1.53. The van der Waals surface area contributed by atoms with Crippen molar-refractivity contribution in [1.29, 1.82) is 0 Å². The van der Waals surface area contributed by atoms with Gasteiger partial charge in [-0.25, -0.2) is 4.98 Å². The fraction of sp³-hybridized carbons (Fsp3) is 0.143. The molecule has 1 amide bonds. The van der Waals surface area contributed by atoms with E-state index < -0.39 is 0 Å². The summed E-state index contributed by atoms with van der Waals surface area (Å²) in [6.07, 6.45) is 1.60. The fourth-order valence-electron chi connectivity index (χ4n) is 2.47. The zero-order valence-electron chi connectivity index (χ0n) is 15.2. The highest BCUT2D eigenvalue weighted by Crippen LogP contribution is 2.25. The number of carbonyl (C=O) groups is 1. The molecule has 3 rings (SSSR count). The van der Waals surface area contributed by atoms with Crippen LogP contribution in [0.4, 0.5) is 17.2 Å². The van der Waals surface area contributed by atoms with Crippen LogP contribution in [0, 0.1) is 6.92 Å². The van der Waals surface area contributed by atoms with Crippen molar-refractivity contribution in [3.8, 4) is 11.5 Å². The third-order valence-electron chi connectivity index (χ3n) is 3.88. The van der Waals surface area contributed by atoms with Gasteiger partial charge < -0.3 is 20.1 Å². The van der Waals surface area contributed by atoms with Crippen LogP contribution in [-0.4, -0.2) is 24.6 Å². The number of amides is 1. The highest BCUT2D eigenvalue weighted by molar-refractivity contribution is 5.91. The maximum Gasteiger partial charge on any atom is 0.262 e. The van der Waals surface area contributed by atoms with Gasteiger partial charge in [-0.15, -0.1) is 0 Å². The molecule has 0 unspecified atom stereocenters. The number of aromatic nitrogens is 1. The van der Waals surface area contributed by atoms with Crippen molar-refractivity contribution in [2.75, 3.05) is 24.4 Å². The van der Waals surface area contributed by atoms with E-state index in [2.05, 4.69) is 15.6 Å². The Labute approximate surface area is 158 Å². The lowest BCUT2D eigenvalue weighted by molar-refractivity contribution is -0.118. The van der Waals surface area contributed by atoms with Gasteiger partial charge in [0.2, 0.25) is 0 Å². The van der Waals surface area contributed by atoms with E-state index in [1.807, 2.05) is 49.4 Å². The number of aryl methyl sites for hydroxylation is 1. The normalized spacial score (nSPS) is 10.1. The molecule has 0 spiro atoms. The average molecular weight is 363 g/mol. The first kappa shape index (κ1) is 18.3. The van der Waals surface area contributed by atoms with Crippen molar-refractivity contribution < 1.29 is 14.3 Å². The summed E-state index contributed by atoms with van der Waals surface area (Å²) in [5, 5.41) is 6.01. The zero-order valence-corrected chi connectivity index (χ0v) is 15.2. The topological polar surface area (TPSA) is 72.5 Å². The molecule has 1 aromatic heterocycles. The number of pyridine rings is 1. The molecule has 0 aliphatic carbocycles. The fourth-order valence-corrected chi connectivity index (χ4v) is 2.47. The quantitative estimate of drug-likeness (QED) is 0.659. The lowest BCUT2D eigenvalue weighted by atomic mass is 10.2. The van der Waals surface area contributed by atoms with Gasteiger partial charge in [-0.2, -0.15) is 0 Å². The minimum absolute atomic E-state index is 0.121. The highest BCUT2D eigenvalue weighted by atomic mass is 16.5. The Morgan fingerprint density at radius 3 is 2.44 bits per heavy atom. The van der Waals surface area contributed by atoms with E-state index in [1.165, 1.54) is 0 Å². The molecule has 0 radical (unpaired) electrons. The number of nitrogens with zero attached hydrogens (tertiary/aromatic N) is 1. The van der Waals surface area contributed by atoms with Crippen LogP contribution in [0.15, 0.2) is 66.9 Å². The standard InChI is InChI=1S/C21H21N3O3/c1-15-7-3-4-8-17(15)24-20-12-11-16(13-22-20)23-21(25)14-27-19-10-6-5-9-18(19)26-2/h3-13H,14H2,1-2H3,(H,22,24)(H,23,25). The van der Waals surface area contributed by atoms with Crippen molar-refractivity contribution in [1.82, 2.24) is 4.98 Å². The summed E-state index contributed by atoms with van der Waals surface area (Å²) >= 11 is 0. The maximum atomic E-state index is 12.1. The van der Waals surface area contributed by atoms with Gasteiger partial charge in [-0.05, 0) is 42.8 Å². The molecule has 2 aromatic carbocycles. The van der Waals surface area contributed by atoms with Gasteiger partial charge in [0.15, 0.2) is 18.1 Å². The molecule has 138 valence electrons. The Morgan fingerprint density at radius 1 is 1.00 bits per heavy atom. The molecule has 6 nitrogen and oxygen atoms in total. The zero-order chi connectivity index (χ0) is 19.1. The molecule has 0 aliphatic heterocycles. The average Bonchev–Trinajstić information content (AvgIpc) is 2.70. The van der Waals surface area contributed by atoms with Crippen LogP contribution in [-0.2, 0) is 4.79 Å². The number of methoxy groups -OCH3 is 1. The molecule has 6 heteroatoms. The number of hydrogen-bond acceptors (Lipinski definition) is 5. The summed E-state index contributed by atoms with van der Waals surface area (Å²) in [7, 11) is 1.56. The van der Waals surface area contributed by atoms with Gasteiger partial charge in [-0.1, -0.05) is 30.3 Å². The SMILES string of the molecule is COc1ccccc1OCC(=O)Nc1ccc(Nc2ccccc2C)nc1. The molecule has 27 heavy (non-hydrogen) atoms. The number of rotatable bonds is 7. The van der Waals surface area contributed by atoms with Crippen LogP contribution in [0.2, 0.25) is 0 Å². The molecule has 0 atom stereocenters. The maximum absolute atomic E-state index is 12.1. The molecular weight excluding hydrogens is 342 g/mol. The number of ether oxygens (including phenoxy) is 2. The van der Waals surface area contributed by atoms with Crippen LogP contribution in [0.5, 0.6) is 11.5 Å². The first-order valence-electron chi connectivity index (χ1n) is 8.50. The van der Waals surface area contributed by atoms with E-state index in [0.29, 0.717) is 23.0 Å². The molecular formula is C21H21N3O3. The van der Waals surface area contributed by atoms with Crippen LogP contribution >= 0.6 is 0 Å². The van der Waals surface area contributed by atoms with Gasteiger partial charge in [0.25, 0.3) is 5.91 Å². The summed E-state index contributed by atoms with van der Waals surface area (Å²) in [6, 6.07) is 18.7. The third kappa shape index (κ3) is 4.98. The molecule has 0 saturated carbocycles. The van der Waals surface area contributed by atoms with Gasteiger partial charge in [0.05, 0.1) is 19.0 Å². The Bertz CT molecular complexity index is 911. The highest BCUT2D eigenvalue weighted by Gasteiger charge is 2.08. The number of para-hydroxylation sites is 3. The Morgan fingerprint density at radius 2 is 1.74 bits per heavy atom. The predicted molar refractivity (Wildman–Crippen MR) is 106 cm³/mol. The van der Waals surface area contributed by atoms with Crippen molar-refractivity contribution in [2.45, 2.75) is 6.92 Å². The van der Waals surface area contributed by atoms with Gasteiger partial charge in [0, 0.05) is 5.69 Å². The predicted octanol–water partition coefficient (Wildman–Crippen LogP) is 4.16. The summed E-state index contributed by atoms with van der Waals surface area (Å²) in [5.41, 5.74) is 2.72. The van der Waals surface area contributed by atoms with Crippen LogP contribution in [0.3, 0.4) is 0 Å². The molecule has 0 fully saturated rings. The summed E-state index contributed by atoms with van der Waals surface area (Å²) in [4.78, 5) is 16.4. The minimum atomic E-state index is -0.276. The van der Waals surface area contributed by atoms with E-state index in [0.717, 1.165) is 11.3 Å². The first-order chi connectivity index (χ1) is 13.2. The van der Waals surface area contributed by atoms with Crippen molar-refractivity contribution in [3.05, 3.63) is 72.4 Å². The van der Waals surface area contributed by atoms with Gasteiger partial charge in [-0.3, -0.25) is 4.79 Å². The smallest absolute Gasteiger partial charge is 0.262 e. The van der Waals surface area contributed by atoms with E-state index in [9.17, 15) is 4.79 Å². The number of carbonyl (C=O) groups excluding carboxylic acids is 1. The molecule has 0 saturated heterocycles. The lowest BCUT2D eigenvalue weighted by Gasteiger charge is -2.11. The summed E-state index contributed by atoms with van der Waals surface area (Å²) in [6.45, 7) is 1.91. The number of anilines is 3. The number of benzene rings is 2. The molecule has 0 bridgehead atoms. The first-order valence-corrected chi connectivity index (χ1v) is 8.50. The van der Waals surface area contributed by atoms with Gasteiger partial charge >= 0.3 is 0 Å². The van der Waals surface area contributed by atoms with Crippen LogP contribution in [0.25, 0.3) is 0 Å². The monoisotopic (exact) mass is 363 g/mol. The van der Waals surface area contributed by atoms with Crippen molar-refractivity contribution in [3.63, 3.8) is 0 Å². The van der Waals surface area contributed by atoms with Gasteiger partial charge in [0.1, 0.15) is 5.82 Å². The molecule has 0 aliphatic rings. The van der Waals surface area contributed by atoms with E-state index in [1.54, 1.807) is 31.5 Å². The van der Waals surface area contributed by atoms with E-state index in [4.69, 9.17) is 9.47 Å². The molecule has 3 aromatic rings. The third-order valence-corrected chi connectivity index (χ3v) is 3.88. The summed E-state index contributed by atoms with van der Waals surface area (Å²) < 4.78 is 10.7. The van der Waals surface area contributed by atoms with E-state index in [-0.39, 0.29) is 12.5 Å². The number of hydrogen-bond donors (Lipinski definition) is 2.